The average Bonchev–Trinajstić information content (AvgIpc) is 2.88. The second kappa shape index (κ2) is 7.92. The van der Waals surface area contributed by atoms with Crippen LogP contribution >= 0.6 is 11.8 Å². The number of ether oxygens (including phenoxy) is 1. The third-order valence-corrected chi connectivity index (χ3v) is 3.17. The predicted molar refractivity (Wildman–Crippen MR) is 79.6 cm³/mol. The van der Waals surface area contributed by atoms with Gasteiger partial charge in [0.15, 0.2) is 0 Å². The molecule has 102 valence electrons. The first kappa shape index (κ1) is 14.0. The Labute approximate surface area is 118 Å². The Morgan fingerprint density at radius 3 is 2.68 bits per heavy atom. The monoisotopic (exact) mass is 277 g/mol. The summed E-state index contributed by atoms with van der Waals surface area (Å²) in [5.74, 6) is 3.84. The average molecular weight is 277 g/mol. The molecule has 0 radical (unpaired) electrons. The quantitative estimate of drug-likeness (QED) is 0.751. The number of thioether (sulfide) groups is 1. The Hall–Kier alpha value is -1.39. The Morgan fingerprint density at radius 1 is 1.11 bits per heavy atom. The van der Waals surface area contributed by atoms with E-state index in [9.17, 15) is 0 Å². The lowest BCUT2D eigenvalue weighted by Gasteiger charge is -2.06. The predicted octanol–water partition coefficient (Wildman–Crippen LogP) is 3.31. The van der Waals surface area contributed by atoms with Gasteiger partial charge in [-0.15, -0.1) is 0 Å². The molecule has 1 aromatic heterocycles. The van der Waals surface area contributed by atoms with Crippen LogP contribution in [0.3, 0.4) is 0 Å². The van der Waals surface area contributed by atoms with E-state index in [0.29, 0.717) is 6.61 Å². The first-order valence-electron chi connectivity index (χ1n) is 6.33. The van der Waals surface area contributed by atoms with Crippen LogP contribution in [0.4, 0.5) is 0 Å². The van der Waals surface area contributed by atoms with Crippen molar-refractivity contribution in [1.82, 2.24) is 5.32 Å². The van der Waals surface area contributed by atoms with Crippen LogP contribution in [0.25, 0.3) is 0 Å². The van der Waals surface area contributed by atoms with E-state index in [4.69, 9.17) is 9.15 Å². The lowest BCUT2D eigenvalue weighted by Crippen LogP contribution is -2.20. The first-order valence-corrected chi connectivity index (χ1v) is 7.73. The summed E-state index contributed by atoms with van der Waals surface area (Å²) in [6.45, 7) is 2.20. The SMILES string of the molecule is CSCc1ccc(CNCCOc2ccccc2)o1. The van der Waals surface area contributed by atoms with Crippen LogP contribution in [0.2, 0.25) is 0 Å². The molecule has 2 rings (SSSR count). The van der Waals surface area contributed by atoms with Gasteiger partial charge in [0.05, 0.1) is 12.3 Å². The van der Waals surface area contributed by atoms with Crippen molar-refractivity contribution in [3.63, 3.8) is 0 Å². The molecule has 4 heteroatoms. The standard InChI is InChI=1S/C15H19NO2S/c1-19-12-15-8-7-14(18-15)11-16-9-10-17-13-5-3-2-4-6-13/h2-8,16H,9-12H2,1H3. The van der Waals surface area contributed by atoms with Crippen molar-refractivity contribution >= 4 is 11.8 Å². The number of furan rings is 1. The van der Waals surface area contributed by atoms with Crippen molar-refractivity contribution in [2.75, 3.05) is 19.4 Å². The topological polar surface area (TPSA) is 34.4 Å². The molecule has 1 aromatic carbocycles. The fraction of sp³-hybridized carbons (Fsp3) is 0.333. The van der Waals surface area contributed by atoms with Gasteiger partial charge in [0.25, 0.3) is 0 Å². The number of rotatable bonds is 8. The molecule has 0 aliphatic carbocycles. The Morgan fingerprint density at radius 2 is 1.89 bits per heavy atom. The van der Waals surface area contributed by atoms with Gasteiger partial charge in [-0.1, -0.05) is 18.2 Å². The van der Waals surface area contributed by atoms with Crippen molar-refractivity contribution in [2.45, 2.75) is 12.3 Å². The van der Waals surface area contributed by atoms with Crippen molar-refractivity contribution in [2.24, 2.45) is 0 Å². The summed E-state index contributed by atoms with van der Waals surface area (Å²) in [7, 11) is 0. The molecule has 3 nitrogen and oxygen atoms in total. The van der Waals surface area contributed by atoms with E-state index in [0.717, 1.165) is 36.1 Å². The van der Waals surface area contributed by atoms with Gasteiger partial charge in [0.2, 0.25) is 0 Å². The summed E-state index contributed by atoms with van der Waals surface area (Å²) >= 11 is 1.76. The van der Waals surface area contributed by atoms with Crippen LogP contribution in [0.1, 0.15) is 11.5 Å². The van der Waals surface area contributed by atoms with Crippen LogP contribution in [-0.4, -0.2) is 19.4 Å². The van der Waals surface area contributed by atoms with Gasteiger partial charge in [-0.25, -0.2) is 0 Å². The first-order chi connectivity index (χ1) is 9.38. The highest BCUT2D eigenvalue weighted by atomic mass is 32.2. The van der Waals surface area contributed by atoms with Gasteiger partial charge in [0, 0.05) is 6.54 Å². The summed E-state index contributed by atoms with van der Waals surface area (Å²) < 4.78 is 11.3. The van der Waals surface area contributed by atoms with Gasteiger partial charge >= 0.3 is 0 Å². The maximum atomic E-state index is 5.66. The van der Waals surface area contributed by atoms with E-state index in [2.05, 4.69) is 11.6 Å². The number of para-hydroxylation sites is 1. The second-order valence-corrected chi connectivity index (χ2v) is 5.01. The summed E-state index contributed by atoms with van der Waals surface area (Å²) in [5, 5.41) is 3.30. The highest BCUT2D eigenvalue weighted by Crippen LogP contribution is 2.13. The van der Waals surface area contributed by atoms with E-state index in [-0.39, 0.29) is 0 Å². The molecule has 1 N–H and O–H groups in total. The molecule has 0 aliphatic heterocycles. The van der Waals surface area contributed by atoms with Crippen LogP contribution < -0.4 is 10.1 Å². The molecular weight excluding hydrogens is 258 g/mol. The molecule has 0 spiro atoms. The third-order valence-electron chi connectivity index (χ3n) is 2.59. The van der Waals surface area contributed by atoms with Crippen LogP contribution in [0.5, 0.6) is 5.75 Å². The van der Waals surface area contributed by atoms with Crippen LogP contribution in [0.15, 0.2) is 46.9 Å². The van der Waals surface area contributed by atoms with Gasteiger partial charge in [-0.05, 0) is 30.5 Å². The maximum Gasteiger partial charge on any atom is 0.119 e. The van der Waals surface area contributed by atoms with Crippen molar-refractivity contribution in [3.05, 3.63) is 54.0 Å². The molecule has 0 bridgehead atoms. The minimum Gasteiger partial charge on any atom is -0.492 e. The van der Waals surface area contributed by atoms with E-state index in [1.54, 1.807) is 11.8 Å². The molecule has 19 heavy (non-hydrogen) atoms. The molecular formula is C15H19NO2S. The zero-order chi connectivity index (χ0) is 13.3. The van der Waals surface area contributed by atoms with Crippen LogP contribution in [0, 0.1) is 0 Å². The zero-order valence-electron chi connectivity index (χ0n) is 11.1. The molecule has 0 unspecified atom stereocenters. The lowest BCUT2D eigenvalue weighted by molar-refractivity contribution is 0.310. The summed E-state index contributed by atoms with van der Waals surface area (Å²) in [6, 6.07) is 13.9. The maximum absolute atomic E-state index is 5.66. The van der Waals surface area contributed by atoms with E-state index >= 15 is 0 Å². The Bertz CT molecular complexity index is 470. The fourth-order valence-electron chi connectivity index (χ4n) is 1.71. The Balaban J connectivity index is 1.61. The molecule has 0 amide bonds. The fourth-order valence-corrected chi connectivity index (χ4v) is 2.15. The van der Waals surface area contributed by atoms with Crippen LogP contribution in [-0.2, 0) is 12.3 Å². The summed E-state index contributed by atoms with van der Waals surface area (Å²) in [4.78, 5) is 0. The highest BCUT2D eigenvalue weighted by molar-refractivity contribution is 7.97. The number of hydrogen-bond acceptors (Lipinski definition) is 4. The minimum atomic E-state index is 0.655. The Kier molecular flexibility index (Phi) is 5.85. The molecule has 0 saturated heterocycles. The zero-order valence-corrected chi connectivity index (χ0v) is 11.9. The normalized spacial score (nSPS) is 10.6. The van der Waals surface area contributed by atoms with Gasteiger partial charge in [0.1, 0.15) is 23.9 Å². The number of benzene rings is 1. The smallest absolute Gasteiger partial charge is 0.119 e. The van der Waals surface area contributed by atoms with Gasteiger partial charge < -0.3 is 14.5 Å². The van der Waals surface area contributed by atoms with E-state index in [1.165, 1.54) is 0 Å². The summed E-state index contributed by atoms with van der Waals surface area (Å²) in [6.07, 6.45) is 2.07. The largest absolute Gasteiger partial charge is 0.492 e. The molecule has 0 aliphatic rings. The van der Waals surface area contributed by atoms with Gasteiger partial charge in [-0.2, -0.15) is 11.8 Å². The van der Waals surface area contributed by atoms with E-state index in [1.807, 2.05) is 42.5 Å². The molecule has 1 heterocycles. The molecule has 0 fully saturated rings. The molecule has 2 aromatic rings. The summed E-state index contributed by atoms with van der Waals surface area (Å²) in [5.41, 5.74) is 0. The van der Waals surface area contributed by atoms with E-state index < -0.39 is 0 Å². The number of hydrogen-bond donors (Lipinski definition) is 1. The minimum absolute atomic E-state index is 0.655. The van der Waals surface area contributed by atoms with Crippen molar-refractivity contribution < 1.29 is 9.15 Å². The number of nitrogens with one attached hydrogen (secondary N) is 1. The molecule has 0 saturated carbocycles. The van der Waals surface area contributed by atoms with Crippen molar-refractivity contribution in [3.8, 4) is 5.75 Å². The van der Waals surface area contributed by atoms with Crippen molar-refractivity contribution in [1.29, 1.82) is 0 Å². The second-order valence-electron chi connectivity index (χ2n) is 4.14. The highest BCUT2D eigenvalue weighted by Gasteiger charge is 2.00. The lowest BCUT2D eigenvalue weighted by atomic mass is 10.3. The third kappa shape index (κ3) is 5.01. The van der Waals surface area contributed by atoms with Gasteiger partial charge in [-0.3, -0.25) is 0 Å². The molecule has 0 atom stereocenters.